The van der Waals surface area contributed by atoms with E-state index in [1.165, 1.54) is 21.8 Å². The molecule has 0 saturated carbocycles. The molecule has 3 aliphatic heterocycles. The van der Waals surface area contributed by atoms with Crippen LogP contribution in [-0.2, 0) is 38.3 Å². The summed E-state index contributed by atoms with van der Waals surface area (Å²) in [5, 5.41) is 34.8. The monoisotopic (exact) mass is 1370 g/mol. The van der Waals surface area contributed by atoms with Crippen molar-refractivity contribution in [2.24, 2.45) is 5.73 Å². The fraction of sp³-hybridized carbons (Fsp3) is 0.258. The Kier molecular flexibility index (Phi) is 21.7. The molecule has 6 aromatic rings. The summed E-state index contributed by atoms with van der Waals surface area (Å²) in [7, 11) is 1.26. The van der Waals surface area contributed by atoms with E-state index in [-0.39, 0.29) is 53.6 Å². The Bertz CT molecular complexity index is 4290. The van der Waals surface area contributed by atoms with Crippen LogP contribution in [0.3, 0.4) is 0 Å². The third-order valence-electron chi connectivity index (χ3n) is 15.4. The largest absolute Gasteiger partial charge is 0.469 e. The number of ether oxygens (including phenoxy) is 1. The van der Waals surface area contributed by atoms with Crippen LogP contribution < -0.4 is 51.5 Å². The van der Waals surface area contributed by atoms with E-state index in [1.54, 1.807) is 165 Å². The molecule has 0 aliphatic carbocycles. The standard InChI is InChI=1S/C24H23ClN4O4S.C23H22ClN5O3S.C19H17ClN4OS/c1-14-11-16(6-5-15(14)13-26)28-22(32)24(2,3)29(23(28)34)17-7-8-18(25)19(12-17)27-20(30)9-10-21(31)33-4;1-13-10-15(5-4-14(13)12-25)28-21(32)23(2,3)29(22(28)33)16-6-7-17(24)18(11-16)27-20(31)9-8-19(26)30;1-11-8-13(5-4-12(11)10-21)23-17(25)19(2,3)24(18(23)26)14-6-7-15(20)16(22)9-14/h5-8,11-12H,9-10H2,1-4H3,(H,27,30);4-7,10-11H,8-9H2,1-3H3,(H2,26,30)(H,27,31);4-9H,22H2,1-3H3. The summed E-state index contributed by atoms with van der Waals surface area (Å²) in [5.74, 6) is -2.51. The first kappa shape index (κ1) is 70.9. The van der Waals surface area contributed by atoms with Crippen LogP contribution in [0.15, 0.2) is 109 Å². The molecule has 6 N–H and O–H groups in total. The van der Waals surface area contributed by atoms with Gasteiger partial charge in [-0.2, -0.15) is 15.8 Å². The van der Waals surface area contributed by atoms with Gasteiger partial charge in [-0.3, -0.25) is 48.3 Å². The number of primary amides is 1. The van der Waals surface area contributed by atoms with E-state index in [0.717, 1.165) is 16.7 Å². The topological polar surface area (TPSA) is 296 Å². The second-order valence-electron chi connectivity index (χ2n) is 23.0. The number of esters is 1. The van der Waals surface area contributed by atoms with Crippen LogP contribution in [0.4, 0.5) is 51.2 Å². The number of amides is 6. The van der Waals surface area contributed by atoms with Crippen molar-refractivity contribution in [1.82, 2.24) is 0 Å². The van der Waals surface area contributed by atoms with Crippen LogP contribution in [0.1, 0.15) is 101 Å². The number of nitriles is 3. The van der Waals surface area contributed by atoms with Gasteiger partial charge in [0.05, 0.1) is 97.6 Å². The number of nitrogen functional groups attached to an aromatic ring is 1. The van der Waals surface area contributed by atoms with Crippen molar-refractivity contribution in [2.45, 2.75) is 105 Å². The number of nitrogens with two attached hydrogens (primary N) is 2. The molecule has 478 valence electrons. The number of methoxy groups -OCH3 is 1. The molecule has 0 atom stereocenters. The van der Waals surface area contributed by atoms with Gasteiger partial charge in [0.15, 0.2) is 15.3 Å². The Hall–Kier alpha value is -9.58. The zero-order chi connectivity index (χ0) is 68.9. The smallest absolute Gasteiger partial charge is 0.306 e. The molecule has 0 unspecified atom stereocenters. The zero-order valence-electron chi connectivity index (χ0n) is 52.0. The number of anilines is 9. The molecule has 6 amide bonds. The highest BCUT2D eigenvalue weighted by atomic mass is 35.5. The van der Waals surface area contributed by atoms with E-state index in [0.29, 0.717) is 88.1 Å². The van der Waals surface area contributed by atoms with Gasteiger partial charge in [0.2, 0.25) is 17.7 Å². The van der Waals surface area contributed by atoms with Crippen molar-refractivity contribution in [3.63, 3.8) is 0 Å². The van der Waals surface area contributed by atoms with E-state index in [1.807, 2.05) is 20.8 Å². The predicted molar refractivity (Wildman–Crippen MR) is 373 cm³/mol. The number of hydrogen-bond donors (Lipinski definition) is 4. The first-order valence-electron chi connectivity index (χ1n) is 28.3. The highest BCUT2D eigenvalue weighted by Crippen LogP contribution is 2.43. The van der Waals surface area contributed by atoms with Gasteiger partial charge in [-0.05, 0) is 225 Å². The molecule has 0 spiro atoms. The van der Waals surface area contributed by atoms with Gasteiger partial charge in [0, 0.05) is 36.3 Å². The number of benzene rings is 6. The lowest BCUT2D eigenvalue weighted by Gasteiger charge is -2.30. The maximum atomic E-state index is 13.4. The van der Waals surface area contributed by atoms with Crippen molar-refractivity contribution in [2.75, 3.05) is 52.9 Å². The van der Waals surface area contributed by atoms with Crippen LogP contribution in [0, 0.1) is 54.8 Å². The number of nitrogens with one attached hydrogen (secondary N) is 2. The summed E-state index contributed by atoms with van der Waals surface area (Å²) in [6, 6.07) is 36.8. The number of aryl methyl sites for hydroxylation is 3. The maximum absolute atomic E-state index is 13.4. The summed E-state index contributed by atoms with van der Waals surface area (Å²) in [6.07, 6.45) is -0.283. The van der Waals surface area contributed by atoms with E-state index >= 15 is 0 Å². The van der Waals surface area contributed by atoms with Crippen molar-refractivity contribution in [3.05, 3.63) is 158 Å². The van der Waals surface area contributed by atoms with Crippen LogP contribution in [0.2, 0.25) is 15.1 Å². The predicted octanol–water partition coefficient (Wildman–Crippen LogP) is 12.0. The first-order valence-corrected chi connectivity index (χ1v) is 30.7. The van der Waals surface area contributed by atoms with Crippen LogP contribution >= 0.6 is 71.5 Å². The molecule has 3 aliphatic rings. The fourth-order valence-electron chi connectivity index (χ4n) is 10.3. The summed E-state index contributed by atoms with van der Waals surface area (Å²) in [5.41, 5.74) is 16.6. The molecule has 0 aromatic heterocycles. The molecule has 93 heavy (non-hydrogen) atoms. The van der Waals surface area contributed by atoms with Crippen molar-refractivity contribution >= 4 is 179 Å². The van der Waals surface area contributed by atoms with Crippen LogP contribution in [0.5, 0.6) is 0 Å². The van der Waals surface area contributed by atoms with E-state index in [2.05, 4.69) is 33.6 Å². The highest BCUT2D eigenvalue weighted by Gasteiger charge is 2.53. The molecule has 6 aromatic carbocycles. The second-order valence-corrected chi connectivity index (χ2v) is 25.3. The Morgan fingerprint density at radius 3 is 1.08 bits per heavy atom. The van der Waals surface area contributed by atoms with Gasteiger partial charge in [0.25, 0.3) is 17.7 Å². The number of halogens is 3. The second kappa shape index (κ2) is 28.5. The lowest BCUT2D eigenvalue weighted by molar-refractivity contribution is -0.141. The molecule has 0 bridgehead atoms. The summed E-state index contributed by atoms with van der Waals surface area (Å²) >= 11 is 35.6. The minimum atomic E-state index is -1.03. The summed E-state index contributed by atoms with van der Waals surface area (Å²) < 4.78 is 4.55. The van der Waals surface area contributed by atoms with Crippen molar-refractivity contribution in [1.29, 1.82) is 15.8 Å². The molecule has 3 heterocycles. The zero-order valence-corrected chi connectivity index (χ0v) is 56.7. The third kappa shape index (κ3) is 14.7. The van der Waals surface area contributed by atoms with Gasteiger partial charge in [-0.25, -0.2) is 0 Å². The molecule has 3 saturated heterocycles. The third-order valence-corrected chi connectivity index (χ3v) is 17.5. The number of carbonyl (C=O) groups excluding carboxylic acids is 7. The van der Waals surface area contributed by atoms with E-state index < -0.39 is 40.3 Å². The summed E-state index contributed by atoms with van der Waals surface area (Å²) in [4.78, 5) is 96.1. The van der Waals surface area contributed by atoms with Crippen LogP contribution in [-0.4, -0.2) is 80.5 Å². The number of rotatable bonds is 14. The van der Waals surface area contributed by atoms with Crippen LogP contribution in [0.25, 0.3) is 0 Å². The molecule has 3 fully saturated rings. The van der Waals surface area contributed by atoms with E-state index in [4.69, 9.17) is 88.2 Å². The average Bonchev–Trinajstić information content (AvgIpc) is 1.61. The minimum Gasteiger partial charge on any atom is -0.469 e. The van der Waals surface area contributed by atoms with Gasteiger partial charge in [-0.15, -0.1) is 0 Å². The number of nitrogens with zero attached hydrogens (tertiary/aromatic N) is 9. The number of carbonyl (C=O) groups is 7. The number of hydrogen-bond acceptors (Lipinski definition) is 15. The van der Waals surface area contributed by atoms with Gasteiger partial charge < -0.3 is 41.5 Å². The molecule has 0 radical (unpaired) electrons. The fourth-order valence-corrected chi connectivity index (χ4v) is 12.3. The van der Waals surface area contributed by atoms with E-state index in [9.17, 15) is 44.1 Å². The quantitative estimate of drug-likeness (QED) is 0.0447. The molecule has 9 rings (SSSR count). The van der Waals surface area contributed by atoms with Gasteiger partial charge in [-0.1, -0.05) is 34.8 Å². The molecular formula is C66H62Cl3N13O8S3. The molecule has 21 nitrogen and oxygen atoms in total. The average molecular weight is 1370 g/mol. The van der Waals surface area contributed by atoms with Crippen molar-refractivity contribution in [3.8, 4) is 18.2 Å². The minimum absolute atomic E-state index is 0.0592. The normalized spacial score (nSPS) is 15.2. The Balaban J connectivity index is 0.000000199. The molecule has 27 heteroatoms. The summed E-state index contributed by atoms with van der Waals surface area (Å²) in [6.45, 7) is 16.0. The number of thiocarbonyl (C=S) groups is 3. The van der Waals surface area contributed by atoms with Gasteiger partial charge >= 0.3 is 5.97 Å². The lowest BCUT2D eigenvalue weighted by Crippen LogP contribution is -2.44. The molecular weight excluding hydrogens is 1310 g/mol. The Morgan fingerprint density at radius 2 is 0.785 bits per heavy atom. The SMILES string of the molecule is COC(=O)CCC(=O)Nc1cc(N2C(=S)N(c3ccc(C#N)c(C)c3)C(=O)C2(C)C)ccc1Cl.Cc1cc(N2C(=O)C(C)(C)N(c3ccc(Cl)c(N)c3)C2=S)ccc1C#N.Cc1cc(N2C(=O)C(C)(C)N(c3ccc(Cl)c(NC(=O)CCC(N)=O)c3)C2=S)ccc1C#N. The lowest BCUT2D eigenvalue weighted by atomic mass is 10.0. The highest BCUT2D eigenvalue weighted by molar-refractivity contribution is 7.81. The Morgan fingerprint density at radius 1 is 0.484 bits per heavy atom. The maximum Gasteiger partial charge on any atom is 0.306 e. The first-order chi connectivity index (χ1) is 43.6. The Labute approximate surface area is 568 Å². The van der Waals surface area contributed by atoms with Gasteiger partial charge in [0.1, 0.15) is 16.6 Å². The van der Waals surface area contributed by atoms with Crippen molar-refractivity contribution < 1.29 is 38.3 Å².